The van der Waals surface area contributed by atoms with Crippen LogP contribution in [0.25, 0.3) is 0 Å². The molecule has 172 valence electrons. The van der Waals surface area contributed by atoms with Gasteiger partial charge >= 0.3 is 0 Å². The van der Waals surface area contributed by atoms with Crippen LogP contribution in [0.3, 0.4) is 0 Å². The monoisotopic (exact) mass is 470 g/mol. The fraction of sp³-hybridized carbons (Fsp3) is 0.208. The van der Waals surface area contributed by atoms with Gasteiger partial charge in [-0.05, 0) is 66.1 Å². The predicted octanol–water partition coefficient (Wildman–Crippen LogP) is 3.84. The van der Waals surface area contributed by atoms with Gasteiger partial charge < -0.3 is 14.8 Å². The molecule has 1 aliphatic rings. The maximum absolute atomic E-state index is 13.2. The topological polar surface area (TPSA) is 84.9 Å². The summed E-state index contributed by atoms with van der Waals surface area (Å²) in [5, 5.41) is 2.84. The van der Waals surface area contributed by atoms with Crippen LogP contribution in [0, 0.1) is 5.82 Å². The van der Waals surface area contributed by atoms with E-state index in [4.69, 9.17) is 9.47 Å². The number of anilines is 1. The molecule has 0 spiro atoms. The summed E-state index contributed by atoms with van der Waals surface area (Å²) in [5.41, 5.74) is 2.65. The lowest BCUT2D eigenvalue weighted by molar-refractivity contribution is 0.102. The first-order valence-corrected chi connectivity index (χ1v) is 11.7. The molecule has 0 unspecified atom stereocenters. The van der Waals surface area contributed by atoms with E-state index in [9.17, 15) is 17.6 Å². The standard InChI is InChI=1S/C24H23FN2O5S/c1-31-22-5-3-4-21(23(22)32-2)24(28)26-19-9-6-16-12-13-27(15-17(16)14-19)33(29,30)20-10-7-18(25)8-11-20/h3-11,14H,12-13,15H2,1-2H3,(H,26,28). The number of methoxy groups -OCH3 is 2. The fourth-order valence-electron chi connectivity index (χ4n) is 3.83. The highest BCUT2D eigenvalue weighted by Crippen LogP contribution is 2.32. The summed E-state index contributed by atoms with van der Waals surface area (Å²) in [4.78, 5) is 12.9. The molecule has 0 saturated heterocycles. The van der Waals surface area contributed by atoms with Crippen molar-refractivity contribution in [3.05, 3.63) is 83.2 Å². The summed E-state index contributed by atoms with van der Waals surface area (Å²) in [5.74, 6) is -0.104. The van der Waals surface area contributed by atoms with E-state index in [1.807, 2.05) is 6.07 Å². The average molecular weight is 471 g/mol. The summed E-state index contributed by atoms with van der Waals surface area (Å²) in [7, 11) is -0.811. The van der Waals surface area contributed by atoms with Gasteiger partial charge in [0.2, 0.25) is 10.0 Å². The maximum atomic E-state index is 13.2. The number of nitrogens with zero attached hydrogens (tertiary/aromatic N) is 1. The molecule has 9 heteroatoms. The van der Waals surface area contributed by atoms with Crippen LogP contribution >= 0.6 is 0 Å². The minimum atomic E-state index is -3.77. The highest BCUT2D eigenvalue weighted by Gasteiger charge is 2.28. The lowest BCUT2D eigenvalue weighted by atomic mass is 10.0. The van der Waals surface area contributed by atoms with Crippen molar-refractivity contribution < 1.29 is 27.1 Å². The number of hydrogen-bond acceptors (Lipinski definition) is 5. The van der Waals surface area contributed by atoms with Crippen molar-refractivity contribution in [3.63, 3.8) is 0 Å². The van der Waals surface area contributed by atoms with E-state index < -0.39 is 15.8 Å². The van der Waals surface area contributed by atoms with Crippen molar-refractivity contribution in [1.29, 1.82) is 0 Å². The van der Waals surface area contributed by atoms with E-state index in [1.54, 1.807) is 30.3 Å². The second-order valence-electron chi connectivity index (χ2n) is 7.52. The number of sulfonamides is 1. The SMILES string of the molecule is COc1cccc(C(=O)Nc2ccc3c(c2)CN(S(=O)(=O)c2ccc(F)cc2)CC3)c1OC. The largest absolute Gasteiger partial charge is 0.493 e. The van der Waals surface area contributed by atoms with Gasteiger partial charge in [0, 0.05) is 18.8 Å². The minimum Gasteiger partial charge on any atom is -0.493 e. The van der Waals surface area contributed by atoms with Crippen molar-refractivity contribution in [2.24, 2.45) is 0 Å². The Balaban J connectivity index is 1.56. The van der Waals surface area contributed by atoms with Crippen LogP contribution in [0.4, 0.5) is 10.1 Å². The van der Waals surface area contributed by atoms with Gasteiger partial charge in [-0.1, -0.05) is 12.1 Å². The number of rotatable bonds is 6. The number of halogens is 1. The molecule has 0 aromatic heterocycles. The molecule has 0 radical (unpaired) electrons. The molecule has 1 N–H and O–H groups in total. The number of nitrogens with one attached hydrogen (secondary N) is 1. The Labute approximate surface area is 191 Å². The Bertz CT molecular complexity index is 1290. The van der Waals surface area contributed by atoms with Crippen molar-refractivity contribution in [3.8, 4) is 11.5 Å². The Morgan fingerprint density at radius 2 is 1.76 bits per heavy atom. The normalized spacial score (nSPS) is 13.8. The molecule has 4 rings (SSSR count). The Kier molecular flexibility index (Phi) is 6.35. The molecule has 1 heterocycles. The van der Waals surface area contributed by atoms with Crippen molar-refractivity contribution >= 4 is 21.6 Å². The van der Waals surface area contributed by atoms with Gasteiger partial charge in [0.15, 0.2) is 11.5 Å². The van der Waals surface area contributed by atoms with Crippen LogP contribution in [0.15, 0.2) is 65.6 Å². The zero-order valence-corrected chi connectivity index (χ0v) is 19.0. The van der Waals surface area contributed by atoms with Gasteiger partial charge in [-0.15, -0.1) is 0 Å². The van der Waals surface area contributed by atoms with Crippen molar-refractivity contribution in [2.45, 2.75) is 17.9 Å². The highest BCUT2D eigenvalue weighted by molar-refractivity contribution is 7.89. The zero-order valence-electron chi connectivity index (χ0n) is 18.2. The molecule has 3 aromatic rings. The molecule has 1 aliphatic heterocycles. The Morgan fingerprint density at radius 3 is 2.45 bits per heavy atom. The first kappa shape index (κ1) is 22.8. The van der Waals surface area contributed by atoms with E-state index >= 15 is 0 Å². The van der Waals surface area contributed by atoms with Crippen LogP contribution in [-0.4, -0.2) is 39.4 Å². The van der Waals surface area contributed by atoms with E-state index in [2.05, 4.69) is 5.32 Å². The van der Waals surface area contributed by atoms with Gasteiger partial charge in [0.1, 0.15) is 5.82 Å². The smallest absolute Gasteiger partial charge is 0.259 e. The van der Waals surface area contributed by atoms with Crippen LogP contribution in [0.2, 0.25) is 0 Å². The lowest BCUT2D eigenvalue weighted by Crippen LogP contribution is -2.36. The first-order valence-electron chi connectivity index (χ1n) is 10.2. The molecule has 0 bridgehead atoms. The molecular weight excluding hydrogens is 447 g/mol. The molecule has 0 saturated carbocycles. The number of hydrogen-bond donors (Lipinski definition) is 1. The van der Waals surface area contributed by atoms with Crippen LogP contribution < -0.4 is 14.8 Å². The van der Waals surface area contributed by atoms with Crippen LogP contribution in [-0.2, 0) is 23.0 Å². The third-order valence-corrected chi connectivity index (χ3v) is 7.40. The predicted molar refractivity (Wildman–Crippen MR) is 122 cm³/mol. The number of benzene rings is 3. The second kappa shape index (κ2) is 9.21. The van der Waals surface area contributed by atoms with Gasteiger partial charge in [0.25, 0.3) is 5.91 Å². The van der Waals surface area contributed by atoms with Gasteiger partial charge in [-0.25, -0.2) is 12.8 Å². The number of carbonyl (C=O) groups is 1. The second-order valence-corrected chi connectivity index (χ2v) is 9.46. The lowest BCUT2D eigenvalue weighted by Gasteiger charge is -2.28. The highest BCUT2D eigenvalue weighted by atomic mass is 32.2. The molecular formula is C24H23FN2O5S. The van der Waals surface area contributed by atoms with E-state index in [0.717, 1.165) is 23.3 Å². The van der Waals surface area contributed by atoms with Gasteiger partial charge in [-0.3, -0.25) is 4.79 Å². The third kappa shape index (κ3) is 4.55. The average Bonchev–Trinajstić information content (AvgIpc) is 2.83. The van der Waals surface area contributed by atoms with E-state index in [-0.39, 0.29) is 17.3 Å². The minimum absolute atomic E-state index is 0.0435. The van der Waals surface area contributed by atoms with Crippen LogP contribution in [0.5, 0.6) is 11.5 Å². The summed E-state index contributed by atoms with van der Waals surface area (Å²) in [6.07, 6.45) is 0.535. The van der Waals surface area contributed by atoms with E-state index in [1.165, 1.54) is 30.7 Å². The number of ether oxygens (including phenoxy) is 2. The quantitative estimate of drug-likeness (QED) is 0.592. The first-order chi connectivity index (χ1) is 15.8. The number of fused-ring (bicyclic) bond motifs is 1. The number of amides is 1. The van der Waals surface area contributed by atoms with Crippen molar-refractivity contribution in [1.82, 2.24) is 4.31 Å². The molecule has 0 fully saturated rings. The Hall–Kier alpha value is -3.43. The van der Waals surface area contributed by atoms with Gasteiger partial charge in [0.05, 0.1) is 24.7 Å². The maximum Gasteiger partial charge on any atom is 0.259 e. The number of para-hydroxylation sites is 1. The van der Waals surface area contributed by atoms with E-state index in [0.29, 0.717) is 35.7 Å². The van der Waals surface area contributed by atoms with Crippen LogP contribution in [0.1, 0.15) is 21.5 Å². The molecule has 0 aliphatic carbocycles. The molecule has 0 atom stereocenters. The summed E-state index contributed by atoms with van der Waals surface area (Å²) >= 11 is 0. The van der Waals surface area contributed by atoms with Crippen molar-refractivity contribution in [2.75, 3.05) is 26.1 Å². The molecule has 1 amide bonds. The number of carbonyl (C=O) groups excluding carboxylic acids is 1. The zero-order chi connectivity index (χ0) is 23.6. The summed E-state index contributed by atoms with van der Waals surface area (Å²) in [6.45, 7) is 0.473. The fourth-order valence-corrected chi connectivity index (χ4v) is 5.25. The molecule has 3 aromatic carbocycles. The molecule has 7 nitrogen and oxygen atoms in total. The molecule has 33 heavy (non-hydrogen) atoms. The summed E-state index contributed by atoms with van der Waals surface area (Å²) in [6, 6.07) is 15.3. The third-order valence-electron chi connectivity index (χ3n) is 5.54. The summed E-state index contributed by atoms with van der Waals surface area (Å²) < 4.78 is 51.2. The Morgan fingerprint density at radius 1 is 1.00 bits per heavy atom. The van der Waals surface area contributed by atoms with Gasteiger partial charge in [-0.2, -0.15) is 4.31 Å².